The molecule has 0 radical (unpaired) electrons. The second-order valence-corrected chi connectivity index (χ2v) is 6.27. The zero-order valence-electron chi connectivity index (χ0n) is 11.5. The predicted molar refractivity (Wildman–Crippen MR) is 74.1 cm³/mol. The lowest BCUT2D eigenvalue weighted by Crippen LogP contribution is -2.31. The Balaban J connectivity index is 1.54. The van der Waals surface area contributed by atoms with Gasteiger partial charge in [-0.05, 0) is 43.9 Å². The minimum Gasteiger partial charge on any atom is -0.356 e. The molecule has 0 aromatic carbocycles. The molecule has 2 saturated carbocycles. The van der Waals surface area contributed by atoms with E-state index in [0.717, 1.165) is 44.6 Å². The Labute approximate surface area is 111 Å². The first kappa shape index (κ1) is 13.9. The number of nitrogens with two attached hydrogens (primary N) is 1. The highest BCUT2D eigenvalue weighted by atomic mass is 16.1. The normalized spacial score (nSPS) is 29.4. The molecule has 0 aliphatic heterocycles. The van der Waals surface area contributed by atoms with Crippen LogP contribution in [0.5, 0.6) is 0 Å². The van der Waals surface area contributed by atoms with Crippen molar-refractivity contribution in [1.82, 2.24) is 5.32 Å². The molecular formula is C15H28N2O. The van der Waals surface area contributed by atoms with Crippen LogP contribution < -0.4 is 11.1 Å². The molecule has 0 heterocycles. The fraction of sp³-hybridized carbons (Fsp3) is 0.933. The van der Waals surface area contributed by atoms with E-state index in [9.17, 15) is 4.79 Å². The fourth-order valence-corrected chi connectivity index (χ4v) is 3.44. The van der Waals surface area contributed by atoms with E-state index in [1.54, 1.807) is 0 Å². The summed E-state index contributed by atoms with van der Waals surface area (Å²) in [4.78, 5) is 11.8. The Bertz CT molecular complexity index is 253. The van der Waals surface area contributed by atoms with Crippen molar-refractivity contribution in [3.05, 3.63) is 0 Å². The van der Waals surface area contributed by atoms with Crippen LogP contribution in [0.2, 0.25) is 0 Å². The Morgan fingerprint density at radius 2 is 1.67 bits per heavy atom. The third kappa shape index (κ3) is 4.60. The Morgan fingerprint density at radius 1 is 1.00 bits per heavy atom. The van der Waals surface area contributed by atoms with Crippen LogP contribution in [0.3, 0.4) is 0 Å². The lowest BCUT2D eigenvalue weighted by atomic mass is 9.84. The highest BCUT2D eigenvalue weighted by Gasteiger charge is 2.21. The second kappa shape index (κ2) is 7.13. The summed E-state index contributed by atoms with van der Waals surface area (Å²) in [5.41, 5.74) is 5.88. The van der Waals surface area contributed by atoms with Gasteiger partial charge in [0, 0.05) is 19.0 Å². The summed E-state index contributed by atoms with van der Waals surface area (Å²) in [5.74, 6) is 1.71. The van der Waals surface area contributed by atoms with E-state index in [-0.39, 0.29) is 5.91 Å². The minimum atomic E-state index is 0.258. The Morgan fingerprint density at radius 3 is 2.33 bits per heavy atom. The summed E-state index contributed by atoms with van der Waals surface area (Å²) in [6, 6.07) is 0.381. The average Bonchev–Trinajstić information content (AvgIpc) is 2.85. The summed E-state index contributed by atoms with van der Waals surface area (Å²) >= 11 is 0. The number of amides is 1. The van der Waals surface area contributed by atoms with Gasteiger partial charge in [0.2, 0.25) is 5.91 Å². The molecule has 3 nitrogen and oxygen atoms in total. The van der Waals surface area contributed by atoms with Crippen molar-refractivity contribution in [2.45, 2.75) is 70.3 Å². The van der Waals surface area contributed by atoms with Crippen LogP contribution in [0.1, 0.15) is 64.2 Å². The van der Waals surface area contributed by atoms with E-state index in [4.69, 9.17) is 5.73 Å². The second-order valence-electron chi connectivity index (χ2n) is 6.27. The molecule has 2 aliphatic rings. The molecule has 1 amide bonds. The van der Waals surface area contributed by atoms with Crippen LogP contribution in [0, 0.1) is 11.8 Å². The van der Waals surface area contributed by atoms with E-state index >= 15 is 0 Å². The van der Waals surface area contributed by atoms with Crippen molar-refractivity contribution in [2.24, 2.45) is 17.6 Å². The van der Waals surface area contributed by atoms with Crippen molar-refractivity contribution in [3.8, 4) is 0 Å². The first-order valence-corrected chi connectivity index (χ1v) is 7.76. The van der Waals surface area contributed by atoms with Crippen LogP contribution >= 0.6 is 0 Å². The maximum Gasteiger partial charge on any atom is 0.220 e. The van der Waals surface area contributed by atoms with Crippen LogP contribution in [-0.4, -0.2) is 18.5 Å². The minimum absolute atomic E-state index is 0.258. The van der Waals surface area contributed by atoms with Crippen molar-refractivity contribution in [1.29, 1.82) is 0 Å². The Kier molecular flexibility index (Phi) is 5.48. The first-order valence-electron chi connectivity index (χ1n) is 7.76. The molecule has 3 N–H and O–H groups in total. The third-order valence-corrected chi connectivity index (χ3v) is 4.71. The quantitative estimate of drug-likeness (QED) is 0.790. The summed E-state index contributed by atoms with van der Waals surface area (Å²) in [7, 11) is 0. The predicted octanol–water partition coefficient (Wildman–Crippen LogP) is 2.59. The molecule has 0 aromatic rings. The van der Waals surface area contributed by atoms with Gasteiger partial charge >= 0.3 is 0 Å². The smallest absolute Gasteiger partial charge is 0.220 e. The van der Waals surface area contributed by atoms with Crippen LogP contribution in [-0.2, 0) is 4.79 Å². The zero-order chi connectivity index (χ0) is 12.8. The van der Waals surface area contributed by atoms with Crippen molar-refractivity contribution < 1.29 is 4.79 Å². The molecule has 0 unspecified atom stereocenters. The lowest BCUT2D eigenvalue weighted by molar-refractivity contribution is -0.122. The van der Waals surface area contributed by atoms with Crippen molar-refractivity contribution in [3.63, 3.8) is 0 Å². The SMILES string of the molecule is NC1CCC(CC(=O)NCCC2CCCC2)CC1. The third-order valence-electron chi connectivity index (χ3n) is 4.71. The topological polar surface area (TPSA) is 55.1 Å². The van der Waals surface area contributed by atoms with E-state index in [1.807, 2.05) is 0 Å². The highest BCUT2D eigenvalue weighted by molar-refractivity contribution is 5.76. The van der Waals surface area contributed by atoms with Gasteiger partial charge in [0.25, 0.3) is 0 Å². The van der Waals surface area contributed by atoms with Gasteiger partial charge in [-0.1, -0.05) is 25.7 Å². The van der Waals surface area contributed by atoms with Gasteiger partial charge in [0.1, 0.15) is 0 Å². The summed E-state index contributed by atoms with van der Waals surface area (Å²) in [6.45, 7) is 0.885. The number of carbonyl (C=O) groups is 1. The first-order chi connectivity index (χ1) is 8.74. The highest BCUT2D eigenvalue weighted by Crippen LogP contribution is 2.27. The molecule has 0 atom stereocenters. The van der Waals surface area contributed by atoms with Gasteiger partial charge in [-0.2, -0.15) is 0 Å². The molecule has 2 rings (SSSR count). The van der Waals surface area contributed by atoms with Crippen LogP contribution in [0.25, 0.3) is 0 Å². The van der Waals surface area contributed by atoms with Gasteiger partial charge in [-0.3, -0.25) is 4.79 Å². The number of hydrogen-bond acceptors (Lipinski definition) is 2. The molecule has 2 aliphatic carbocycles. The lowest BCUT2D eigenvalue weighted by Gasteiger charge is -2.25. The molecule has 3 heteroatoms. The summed E-state index contributed by atoms with van der Waals surface area (Å²) in [5, 5.41) is 3.10. The molecule has 2 fully saturated rings. The van der Waals surface area contributed by atoms with Gasteiger partial charge < -0.3 is 11.1 Å². The van der Waals surface area contributed by atoms with Crippen molar-refractivity contribution >= 4 is 5.91 Å². The standard InChI is InChI=1S/C15H28N2O/c16-14-7-5-13(6-8-14)11-15(18)17-10-9-12-3-1-2-4-12/h12-14H,1-11,16H2,(H,17,18). The summed E-state index contributed by atoms with van der Waals surface area (Å²) < 4.78 is 0. The number of rotatable bonds is 5. The summed E-state index contributed by atoms with van der Waals surface area (Å²) in [6.07, 6.45) is 11.9. The molecule has 0 aromatic heterocycles. The van der Waals surface area contributed by atoms with Crippen LogP contribution in [0.4, 0.5) is 0 Å². The Hall–Kier alpha value is -0.570. The fourth-order valence-electron chi connectivity index (χ4n) is 3.44. The molecule has 0 spiro atoms. The monoisotopic (exact) mass is 252 g/mol. The largest absolute Gasteiger partial charge is 0.356 e. The van der Waals surface area contributed by atoms with Crippen LogP contribution in [0.15, 0.2) is 0 Å². The van der Waals surface area contributed by atoms with E-state index in [1.165, 1.54) is 32.1 Å². The molecular weight excluding hydrogens is 224 g/mol. The maximum atomic E-state index is 11.8. The van der Waals surface area contributed by atoms with Gasteiger partial charge in [-0.25, -0.2) is 0 Å². The van der Waals surface area contributed by atoms with Crippen molar-refractivity contribution in [2.75, 3.05) is 6.54 Å². The van der Waals surface area contributed by atoms with E-state index in [0.29, 0.717) is 12.0 Å². The number of hydrogen-bond donors (Lipinski definition) is 2. The maximum absolute atomic E-state index is 11.8. The molecule has 0 saturated heterocycles. The average molecular weight is 252 g/mol. The molecule has 104 valence electrons. The number of carbonyl (C=O) groups excluding carboxylic acids is 1. The van der Waals surface area contributed by atoms with E-state index < -0.39 is 0 Å². The number of nitrogens with one attached hydrogen (secondary N) is 1. The molecule has 0 bridgehead atoms. The van der Waals surface area contributed by atoms with Gasteiger partial charge in [-0.15, -0.1) is 0 Å². The zero-order valence-corrected chi connectivity index (χ0v) is 11.5. The van der Waals surface area contributed by atoms with E-state index in [2.05, 4.69) is 5.32 Å². The van der Waals surface area contributed by atoms with Gasteiger partial charge in [0.15, 0.2) is 0 Å². The molecule has 18 heavy (non-hydrogen) atoms. The van der Waals surface area contributed by atoms with Gasteiger partial charge in [0.05, 0.1) is 0 Å².